The quantitative estimate of drug-likeness (QED) is 0.745. The lowest BCUT2D eigenvalue weighted by Crippen LogP contribution is -1.98. The number of rotatable bonds is 3. The zero-order chi connectivity index (χ0) is 13.9. The van der Waals surface area contributed by atoms with E-state index in [1.807, 2.05) is 36.7 Å². The normalized spacial score (nSPS) is 9.95. The van der Waals surface area contributed by atoms with Crippen molar-refractivity contribution in [1.82, 2.24) is 4.98 Å². The summed E-state index contributed by atoms with van der Waals surface area (Å²) in [6.45, 7) is 1.81. The summed E-state index contributed by atoms with van der Waals surface area (Å²) in [5.74, 6) is 0.604. The van der Waals surface area contributed by atoms with Gasteiger partial charge >= 0.3 is 0 Å². The third kappa shape index (κ3) is 3.01. The molecule has 3 rings (SSSR count). The molecule has 0 aliphatic carbocycles. The van der Waals surface area contributed by atoms with Crippen molar-refractivity contribution in [2.75, 3.05) is 5.32 Å². The number of hydrogen-bond donors (Lipinski definition) is 1. The van der Waals surface area contributed by atoms with Crippen LogP contribution in [0.25, 0.3) is 10.8 Å². The summed E-state index contributed by atoms with van der Waals surface area (Å²) in [7, 11) is 0. The molecule has 6 nitrogen and oxygen atoms in total. The number of aryl methyl sites for hydroxylation is 1. The zero-order valence-electron chi connectivity index (χ0n) is 11.4. The molecule has 0 spiro atoms. The Labute approximate surface area is 121 Å². The van der Waals surface area contributed by atoms with Crippen molar-refractivity contribution in [2.24, 2.45) is 5.18 Å². The van der Waals surface area contributed by atoms with Crippen molar-refractivity contribution in [1.29, 1.82) is 0 Å². The number of pyridine rings is 2. The molecule has 0 aliphatic heterocycles. The monoisotopic (exact) mass is 282 g/mol. The number of aromatic nitrogens is 2. The van der Waals surface area contributed by atoms with Gasteiger partial charge in [-0.05, 0) is 41.2 Å². The van der Waals surface area contributed by atoms with E-state index in [0.29, 0.717) is 11.5 Å². The second kappa shape index (κ2) is 6.06. The largest absolute Gasteiger partial charge is 0.870 e. The van der Waals surface area contributed by atoms with Gasteiger partial charge in [-0.15, -0.1) is 4.91 Å². The molecule has 2 heterocycles. The lowest BCUT2D eigenvalue weighted by Gasteiger charge is -2.07. The minimum absolute atomic E-state index is 0. The Morgan fingerprint density at radius 3 is 2.86 bits per heavy atom. The highest BCUT2D eigenvalue weighted by atomic mass is 16.3. The first-order chi connectivity index (χ1) is 9.76. The number of nitroso groups, excluding NO2 is 1. The van der Waals surface area contributed by atoms with Crippen molar-refractivity contribution in [3.05, 3.63) is 59.4 Å². The van der Waals surface area contributed by atoms with Crippen LogP contribution in [0.3, 0.4) is 0 Å². The fourth-order valence-electron chi connectivity index (χ4n) is 2.03. The van der Waals surface area contributed by atoms with Gasteiger partial charge in [-0.2, -0.15) is 0 Å². The molecule has 2 aromatic heterocycles. The molecule has 0 aliphatic rings. The van der Waals surface area contributed by atoms with E-state index in [4.69, 9.17) is 0 Å². The van der Waals surface area contributed by atoms with E-state index in [1.165, 1.54) is 0 Å². The van der Waals surface area contributed by atoms with Crippen molar-refractivity contribution in [3.63, 3.8) is 0 Å². The van der Waals surface area contributed by atoms with Gasteiger partial charge in [-0.25, -0.2) is 9.97 Å². The maximum Gasteiger partial charge on any atom is 0.174 e. The van der Waals surface area contributed by atoms with E-state index >= 15 is 0 Å². The number of hydrogen-bond acceptors (Lipinski definition) is 5. The molecule has 0 radical (unpaired) electrons. The average Bonchev–Trinajstić information content (AvgIpc) is 2.49. The van der Waals surface area contributed by atoms with Crippen LogP contribution >= 0.6 is 0 Å². The molecule has 1 aromatic carbocycles. The first-order valence-electron chi connectivity index (χ1n) is 6.23. The van der Waals surface area contributed by atoms with E-state index in [0.717, 1.165) is 22.0 Å². The smallest absolute Gasteiger partial charge is 0.174 e. The Balaban J connectivity index is 0.00000161. The molecule has 6 heteroatoms. The van der Waals surface area contributed by atoms with Crippen LogP contribution in [0.5, 0.6) is 0 Å². The minimum atomic E-state index is 0. The molecule has 0 bridgehead atoms. The molecular formula is C15H14N4O2. The Morgan fingerprint density at radius 1 is 1.19 bits per heavy atom. The molecule has 3 aromatic rings. The van der Waals surface area contributed by atoms with Gasteiger partial charge in [0.25, 0.3) is 0 Å². The Hall–Kier alpha value is -2.86. The predicted molar refractivity (Wildman–Crippen MR) is 80.2 cm³/mol. The van der Waals surface area contributed by atoms with Crippen LogP contribution in [0.15, 0.2) is 54.1 Å². The van der Waals surface area contributed by atoms with Gasteiger partial charge < -0.3 is 10.8 Å². The van der Waals surface area contributed by atoms with E-state index in [9.17, 15) is 4.91 Å². The van der Waals surface area contributed by atoms with Crippen LogP contribution in [0.4, 0.5) is 17.2 Å². The second-order valence-electron chi connectivity index (χ2n) is 4.56. The van der Waals surface area contributed by atoms with E-state index in [2.05, 4.69) is 20.5 Å². The fourth-order valence-corrected chi connectivity index (χ4v) is 2.03. The summed E-state index contributed by atoms with van der Waals surface area (Å²) >= 11 is 0. The Morgan fingerprint density at radius 2 is 2.05 bits per heavy atom. The topological polar surface area (TPSA) is 98.5 Å². The lowest BCUT2D eigenvalue weighted by molar-refractivity contribution is -0.375. The highest BCUT2D eigenvalue weighted by Crippen LogP contribution is 2.24. The highest BCUT2D eigenvalue weighted by molar-refractivity contribution is 5.85. The molecular weight excluding hydrogens is 268 g/mol. The summed E-state index contributed by atoms with van der Waals surface area (Å²) in [4.78, 5) is 18.0. The molecule has 106 valence electrons. The van der Waals surface area contributed by atoms with Crippen molar-refractivity contribution in [2.45, 2.75) is 6.92 Å². The van der Waals surface area contributed by atoms with Gasteiger partial charge in [0, 0.05) is 29.4 Å². The van der Waals surface area contributed by atoms with Crippen molar-refractivity contribution < 1.29 is 10.5 Å². The standard InChI is InChI=1S/C15H12N4O.H2O/c1-10-8-17-15(7-14(10)19-20)18-13-3-2-12-9-16-5-4-11(12)6-13;/h2-9H,1H3,(H,17,18);1H2. The second-order valence-corrected chi connectivity index (χ2v) is 4.56. The van der Waals surface area contributed by atoms with Gasteiger partial charge in [-0.1, -0.05) is 0 Å². The maximum atomic E-state index is 10.7. The zero-order valence-corrected chi connectivity index (χ0v) is 11.4. The summed E-state index contributed by atoms with van der Waals surface area (Å²) < 4.78 is 0. The number of benzene rings is 1. The Bertz CT molecular complexity index is 789. The van der Waals surface area contributed by atoms with E-state index < -0.39 is 0 Å². The molecule has 0 atom stereocenters. The van der Waals surface area contributed by atoms with Gasteiger partial charge in [-0.3, -0.25) is 0 Å². The number of nitrogens with zero attached hydrogens (tertiary/aromatic N) is 2. The van der Waals surface area contributed by atoms with Crippen molar-refractivity contribution >= 4 is 28.0 Å². The average molecular weight is 282 g/mol. The third-order valence-corrected chi connectivity index (χ3v) is 3.13. The number of nitrogens with one attached hydrogen (secondary N) is 2. The maximum absolute atomic E-state index is 10.7. The first-order valence-corrected chi connectivity index (χ1v) is 6.23. The predicted octanol–water partition coefficient (Wildman–Crippen LogP) is 3.32. The van der Waals surface area contributed by atoms with Crippen LogP contribution in [-0.4, -0.2) is 10.5 Å². The molecule has 21 heavy (non-hydrogen) atoms. The Kier molecular flexibility index (Phi) is 4.20. The van der Waals surface area contributed by atoms with Crippen LogP contribution in [-0.2, 0) is 0 Å². The number of anilines is 2. The number of H-pyrrole nitrogens is 1. The van der Waals surface area contributed by atoms with Gasteiger partial charge in [0.05, 0.1) is 0 Å². The van der Waals surface area contributed by atoms with Gasteiger partial charge in [0.1, 0.15) is 11.5 Å². The number of aromatic amines is 1. The summed E-state index contributed by atoms with van der Waals surface area (Å²) in [5.41, 5.74) is 2.08. The lowest BCUT2D eigenvalue weighted by atomic mass is 10.1. The van der Waals surface area contributed by atoms with Crippen LogP contribution in [0, 0.1) is 11.8 Å². The first kappa shape index (κ1) is 14.5. The molecule has 0 fully saturated rings. The van der Waals surface area contributed by atoms with Gasteiger partial charge in [0.15, 0.2) is 12.4 Å². The molecule has 0 unspecified atom stereocenters. The summed E-state index contributed by atoms with van der Waals surface area (Å²) in [6.07, 6.45) is 5.46. The van der Waals surface area contributed by atoms with Crippen LogP contribution in [0.1, 0.15) is 5.56 Å². The van der Waals surface area contributed by atoms with Crippen molar-refractivity contribution in [3.8, 4) is 0 Å². The van der Waals surface area contributed by atoms with E-state index in [1.54, 1.807) is 19.2 Å². The molecule has 0 saturated heterocycles. The molecule has 0 amide bonds. The number of fused-ring (bicyclic) bond motifs is 1. The van der Waals surface area contributed by atoms with E-state index in [-0.39, 0.29) is 5.48 Å². The summed E-state index contributed by atoms with van der Waals surface area (Å²) in [6, 6.07) is 9.65. The fraction of sp³-hybridized carbons (Fsp3) is 0.0667. The van der Waals surface area contributed by atoms with Crippen LogP contribution < -0.4 is 10.3 Å². The summed E-state index contributed by atoms with van der Waals surface area (Å²) in [5, 5.41) is 8.42. The third-order valence-electron chi connectivity index (χ3n) is 3.13. The van der Waals surface area contributed by atoms with Gasteiger partial charge in [0.2, 0.25) is 0 Å². The highest BCUT2D eigenvalue weighted by Gasteiger charge is 2.03. The molecule has 3 N–H and O–H groups in total. The minimum Gasteiger partial charge on any atom is -0.870 e. The van der Waals surface area contributed by atoms with Crippen LogP contribution in [0.2, 0.25) is 0 Å². The SMILES string of the molecule is Cc1cnc(Nc2ccc3c[nH+]ccc3c2)cc1N=O.[OH-]. The molecule has 0 saturated carbocycles.